The highest BCUT2D eigenvalue weighted by Gasteiger charge is 2.43. The Morgan fingerprint density at radius 3 is 2.76 bits per heavy atom. The summed E-state index contributed by atoms with van der Waals surface area (Å²) in [6.45, 7) is 2.49. The van der Waals surface area contributed by atoms with E-state index in [-0.39, 0.29) is 0 Å². The van der Waals surface area contributed by atoms with E-state index in [0.29, 0.717) is 5.92 Å². The van der Waals surface area contributed by atoms with E-state index in [4.69, 9.17) is 0 Å². The Labute approximate surface area is 126 Å². The molecule has 2 aromatic rings. The zero-order valence-electron chi connectivity index (χ0n) is 12.8. The molecule has 5 rings (SSSR count). The van der Waals surface area contributed by atoms with Gasteiger partial charge in [0.25, 0.3) is 0 Å². The molecule has 3 aliphatic carbocycles. The summed E-state index contributed by atoms with van der Waals surface area (Å²) >= 11 is 0. The number of imidazole rings is 1. The van der Waals surface area contributed by atoms with Crippen molar-refractivity contribution in [3.8, 4) is 0 Å². The van der Waals surface area contributed by atoms with Crippen LogP contribution in [0, 0.1) is 17.8 Å². The number of hydrogen-bond acceptors (Lipinski definition) is 1. The van der Waals surface area contributed by atoms with Crippen LogP contribution in [-0.4, -0.2) is 9.38 Å². The van der Waals surface area contributed by atoms with E-state index >= 15 is 0 Å². The Hall–Kier alpha value is -1.31. The molecule has 3 saturated carbocycles. The van der Waals surface area contributed by atoms with Crippen LogP contribution in [0.1, 0.15) is 68.5 Å². The highest BCUT2D eigenvalue weighted by Crippen LogP contribution is 2.54. The SMILES string of the molecule is CC(c1c(C2CC2)ccc2cncn12)C1CC2CCC1C2. The Bertz CT molecular complexity index is 682. The van der Waals surface area contributed by atoms with Gasteiger partial charge in [0, 0.05) is 11.6 Å². The zero-order chi connectivity index (χ0) is 14.0. The van der Waals surface area contributed by atoms with Gasteiger partial charge in [-0.2, -0.15) is 0 Å². The van der Waals surface area contributed by atoms with Crippen LogP contribution >= 0.6 is 0 Å². The molecular formula is C19H24N2. The smallest absolute Gasteiger partial charge is 0.0994 e. The third kappa shape index (κ3) is 1.81. The number of fused-ring (bicyclic) bond motifs is 3. The van der Waals surface area contributed by atoms with Crippen molar-refractivity contribution in [3.05, 3.63) is 35.9 Å². The van der Waals surface area contributed by atoms with Gasteiger partial charge in [-0.3, -0.25) is 0 Å². The minimum absolute atomic E-state index is 0.689. The van der Waals surface area contributed by atoms with E-state index in [1.165, 1.54) is 44.0 Å². The molecule has 0 saturated heterocycles. The average Bonchev–Trinajstić information content (AvgIpc) is 2.93. The fraction of sp³-hybridized carbons (Fsp3) is 0.632. The second-order valence-corrected chi connectivity index (χ2v) is 7.76. The first-order chi connectivity index (χ1) is 10.3. The lowest BCUT2D eigenvalue weighted by atomic mass is 9.77. The van der Waals surface area contributed by atoms with Gasteiger partial charge >= 0.3 is 0 Å². The molecule has 0 radical (unpaired) electrons. The van der Waals surface area contributed by atoms with Gasteiger partial charge in [-0.25, -0.2) is 4.98 Å². The van der Waals surface area contributed by atoms with Crippen molar-refractivity contribution in [1.82, 2.24) is 9.38 Å². The second-order valence-electron chi connectivity index (χ2n) is 7.76. The van der Waals surface area contributed by atoms with Crippen molar-refractivity contribution in [1.29, 1.82) is 0 Å². The highest BCUT2D eigenvalue weighted by molar-refractivity contribution is 5.50. The first-order valence-corrected chi connectivity index (χ1v) is 8.76. The maximum absolute atomic E-state index is 4.40. The van der Waals surface area contributed by atoms with Gasteiger partial charge < -0.3 is 4.40 Å². The molecule has 3 aliphatic rings. The molecule has 0 aromatic carbocycles. The van der Waals surface area contributed by atoms with Gasteiger partial charge in [0.2, 0.25) is 0 Å². The summed E-state index contributed by atoms with van der Waals surface area (Å²) in [5, 5.41) is 0. The number of nitrogens with zero attached hydrogens (tertiary/aromatic N) is 2. The van der Waals surface area contributed by atoms with Gasteiger partial charge in [0.1, 0.15) is 0 Å². The fourth-order valence-corrected chi connectivity index (χ4v) is 5.36. The van der Waals surface area contributed by atoms with Gasteiger partial charge in [-0.05, 0) is 67.4 Å². The van der Waals surface area contributed by atoms with Crippen LogP contribution in [0.25, 0.3) is 5.52 Å². The van der Waals surface area contributed by atoms with Crippen LogP contribution < -0.4 is 0 Å². The van der Waals surface area contributed by atoms with Crippen molar-refractivity contribution in [2.45, 2.75) is 57.3 Å². The molecule has 0 aliphatic heterocycles. The monoisotopic (exact) mass is 280 g/mol. The number of pyridine rings is 1. The molecule has 3 fully saturated rings. The third-order valence-electron chi connectivity index (χ3n) is 6.54. The Morgan fingerprint density at radius 1 is 1.14 bits per heavy atom. The molecule has 2 heteroatoms. The summed E-state index contributed by atoms with van der Waals surface area (Å²) in [5.74, 6) is 4.46. The van der Waals surface area contributed by atoms with Gasteiger partial charge in [0.15, 0.2) is 0 Å². The van der Waals surface area contributed by atoms with Crippen LogP contribution in [-0.2, 0) is 0 Å². The minimum Gasteiger partial charge on any atom is -0.303 e. The maximum Gasteiger partial charge on any atom is 0.0994 e. The van der Waals surface area contributed by atoms with Crippen LogP contribution in [0.4, 0.5) is 0 Å². The topological polar surface area (TPSA) is 17.3 Å². The minimum atomic E-state index is 0.689. The lowest BCUT2D eigenvalue weighted by Crippen LogP contribution is -2.20. The normalized spacial score (nSPS) is 32.9. The van der Waals surface area contributed by atoms with Crippen molar-refractivity contribution >= 4 is 5.52 Å². The summed E-state index contributed by atoms with van der Waals surface area (Å²) in [7, 11) is 0. The Kier molecular flexibility index (Phi) is 2.54. The quantitative estimate of drug-likeness (QED) is 0.793. The molecule has 4 unspecified atom stereocenters. The maximum atomic E-state index is 4.40. The zero-order valence-corrected chi connectivity index (χ0v) is 12.8. The van der Waals surface area contributed by atoms with E-state index < -0.39 is 0 Å². The third-order valence-corrected chi connectivity index (χ3v) is 6.54. The molecule has 0 N–H and O–H groups in total. The molecule has 2 nitrogen and oxygen atoms in total. The lowest BCUT2D eigenvalue weighted by Gasteiger charge is -2.30. The summed E-state index contributed by atoms with van der Waals surface area (Å²) in [6.07, 6.45) is 12.8. The summed E-state index contributed by atoms with van der Waals surface area (Å²) in [4.78, 5) is 4.40. The first-order valence-electron chi connectivity index (χ1n) is 8.76. The van der Waals surface area contributed by atoms with Crippen LogP contribution in [0.15, 0.2) is 24.7 Å². The van der Waals surface area contributed by atoms with Gasteiger partial charge in [-0.1, -0.05) is 19.4 Å². The standard InChI is InChI=1S/C19H24N2/c1-12(18-9-13-2-3-15(18)8-13)19-17(14-4-5-14)7-6-16-10-20-11-21(16)19/h6-7,10-15,18H,2-5,8-9H2,1H3. The molecule has 0 spiro atoms. The fourth-order valence-electron chi connectivity index (χ4n) is 5.36. The number of hydrogen-bond donors (Lipinski definition) is 0. The van der Waals surface area contributed by atoms with E-state index in [1.54, 1.807) is 11.3 Å². The van der Waals surface area contributed by atoms with Crippen molar-refractivity contribution < 1.29 is 0 Å². The van der Waals surface area contributed by atoms with E-state index in [0.717, 1.165) is 23.7 Å². The van der Waals surface area contributed by atoms with Crippen molar-refractivity contribution in [2.75, 3.05) is 0 Å². The molecule has 2 aromatic heterocycles. The van der Waals surface area contributed by atoms with Crippen molar-refractivity contribution in [3.63, 3.8) is 0 Å². The first kappa shape index (κ1) is 12.3. The highest BCUT2D eigenvalue weighted by atomic mass is 15.0. The summed E-state index contributed by atoms with van der Waals surface area (Å²) in [6, 6.07) is 4.66. The van der Waals surface area contributed by atoms with Crippen LogP contribution in [0.5, 0.6) is 0 Å². The van der Waals surface area contributed by atoms with Crippen molar-refractivity contribution in [2.24, 2.45) is 17.8 Å². The van der Waals surface area contributed by atoms with E-state index in [9.17, 15) is 0 Å². The summed E-state index contributed by atoms with van der Waals surface area (Å²) < 4.78 is 2.39. The molecule has 2 heterocycles. The predicted molar refractivity (Wildman–Crippen MR) is 84.5 cm³/mol. The average molecular weight is 280 g/mol. The molecule has 110 valence electrons. The molecular weight excluding hydrogens is 256 g/mol. The molecule has 2 bridgehead atoms. The predicted octanol–water partition coefficient (Wildman–Crippen LogP) is 4.75. The van der Waals surface area contributed by atoms with Gasteiger partial charge in [-0.15, -0.1) is 0 Å². The molecule has 0 amide bonds. The van der Waals surface area contributed by atoms with Crippen LogP contribution in [0.2, 0.25) is 0 Å². The Morgan fingerprint density at radius 2 is 2.05 bits per heavy atom. The number of aromatic nitrogens is 2. The van der Waals surface area contributed by atoms with Gasteiger partial charge in [0.05, 0.1) is 18.0 Å². The number of rotatable bonds is 3. The van der Waals surface area contributed by atoms with E-state index in [2.05, 4.69) is 28.4 Å². The second kappa shape index (κ2) is 4.34. The Balaban J connectivity index is 1.61. The van der Waals surface area contributed by atoms with E-state index in [1.807, 2.05) is 12.5 Å². The summed E-state index contributed by atoms with van der Waals surface area (Å²) in [5.41, 5.74) is 4.48. The van der Waals surface area contributed by atoms with Crippen LogP contribution in [0.3, 0.4) is 0 Å². The largest absolute Gasteiger partial charge is 0.303 e. The molecule has 21 heavy (non-hydrogen) atoms. The molecule has 4 atom stereocenters. The lowest BCUT2D eigenvalue weighted by molar-refractivity contribution is 0.287.